The van der Waals surface area contributed by atoms with Gasteiger partial charge in [-0.25, -0.2) is 0 Å². The average molecular weight is 444 g/mol. The van der Waals surface area contributed by atoms with Crippen molar-refractivity contribution in [3.05, 3.63) is 95.3 Å². The summed E-state index contributed by atoms with van der Waals surface area (Å²) in [5, 5.41) is 6.82. The van der Waals surface area contributed by atoms with Crippen molar-refractivity contribution in [2.24, 2.45) is 0 Å². The molecule has 0 radical (unpaired) electrons. The van der Waals surface area contributed by atoms with E-state index >= 15 is 0 Å². The molecule has 6 nitrogen and oxygen atoms in total. The van der Waals surface area contributed by atoms with E-state index in [-0.39, 0.29) is 5.91 Å². The zero-order valence-corrected chi connectivity index (χ0v) is 18.6. The molecule has 3 aromatic heterocycles. The summed E-state index contributed by atoms with van der Waals surface area (Å²) in [5.41, 5.74) is 3.83. The average Bonchev–Trinajstić information content (AvgIpc) is 3.51. The summed E-state index contributed by atoms with van der Waals surface area (Å²) >= 11 is 1.61. The molecule has 0 spiro atoms. The highest BCUT2D eigenvalue weighted by Crippen LogP contribution is 2.28. The number of carbonyl (C=O) groups excluding carboxylic acids is 1. The molecular weight excluding hydrogens is 418 g/mol. The number of rotatable bonds is 6. The van der Waals surface area contributed by atoms with Gasteiger partial charge in [0.25, 0.3) is 5.91 Å². The molecule has 0 bridgehead atoms. The number of nitrogens with zero attached hydrogens (tertiary/aromatic N) is 5. The van der Waals surface area contributed by atoms with Gasteiger partial charge in [-0.3, -0.25) is 19.4 Å². The van der Waals surface area contributed by atoms with Crippen LogP contribution >= 0.6 is 11.3 Å². The van der Waals surface area contributed by atoms with Gasteiger partial charge in [0.2, 0.25) is 0 Å². The lowest BCUT2D eigenvalue weighted by Crippen LogP contribution is -2.48. The number of pyridine rings is 1. The maximum atomic E-state index is 13.5. The van der Waals surface area contributed by atoms with Gasteiger partial charge in [-0.05, 0) is 28.6 Å². The molecule has 4 heterocycles. The summed E-state index contributed by atoms with van der Waals surface area (Å²) in [7, 11) is 0. The normalized spacial score (nSPS) is 14.6. The lowest BCUT2D eigenvalue weighted by atomic mass is 10.1. The van der Waals surface area contributed by atoms with E-state index < -0.39 is 0 Å². The number of thiophene rings is 1. The lowest BCUT2D eigenvalue weighted by Gasteiger charge is -2.34. The van der Waals surface area contributed by atoms with E-state index in [4.69, 9.17) is 5.10 Å². The molecule has 0 saturated carbocycles. The molecule has 1 aliphatic heterocycles. The molecule has 7 heteroatoms. The molecule has 4 aromatic rings. The number of benzene rings is 1. The van der Waals surface area contributed by atoms with E-state index in [1.165, 1.54) is 5.56 Å². The first-order chi connectivity index (χ1) is 15.8. The van der Waals surface area contributed by atoms with E-state index in [0.717, 1.165) is 35.8 Å². The van der Waals surface area contributed by atoms with Crippen LogP contribution < -0.4 is 0 Å². The third-order valence-corrected chi connectivity index (χ3v) is 6.60. The minimum absolute atomic E-state index is 0.0636. The van der Waals surface area contributed by atoms with Crippen molar-refractivity contribution < 1.29 is 4.79 Å². The number of amides is 1. The van der Waals surface area contributed by atoms with Crippen LogP contribution in [0.4, 0.5) is 0 Å². The van der Waals surface area contributed by atoms with Crippen molar-refractivity contribution >= 4 is 17.2 Å². The standard InChI is InChI=1S/C25H25N5OS/c31-25(29-13-11-28(12-14-29)17-21-8-4-10-26-16-21)22-19-30(18-20-6-2-1-3-7-20)27-24(22)23-9-5-15-32-23/h1-10,15-16,19H,11-14,17-18H2. The van der Waals surface area contributed by atoms with Gasteiger partial charge in [0.05, 0.1) is 17.0 Å². The second kappa shape index (κ2) is 9.46. The second-order valence-electron chi connectivity index (χ2n) is 7.98. The Labute approximate surface area is 191 Å². The van der Waals surface area contributed by atoms with Crippen LogP contribution in [0.3, 0.4) is 0 Å². The van der Waals surface area contributed by atoms with Crippen LogP contribution in [0.2, 0.25) is 0 Å². The van der Waals surface area contributed by atoms with Gasteiger partial charge in [0, 0.05) is 51.3 Å². The fraction of sp³-hybridized carbons (Fsp3) is 0.240. The molecule has 32 heavy (non-hydrogen) atoms. The van der Waals surface area contributed by atoms with Crippen LogP contribution in [0, 0.1) is 0 Å². The van der Waals surface area contributed by atoms with E-state index in [9.17, 15) is 4.79 Å². The second-order valence-corrected chi connectivity index (χ2v) is 8.93. The van der Waals surface area contributed by atoms with E-state index in [1.54, 1.807) is 17.5 Å². The molecule has 1 saturated heterocycles. The summed E-state index contributed by atoms with van der Waals surface area (Å²) in [5.74, 6) is 0.0636. The van der Waals surface area contributed by atoms with E-state index in [0.29, 0.717) is 25.2 Å². The lowest BCUT2D eigenvalue weighted by molar-refractivity contribution is 0.0629. The van der Waals surface area contributed by atoms with E-state index in [1.807, 2.05) is 63.8 Å². The van der Waals surface area contributed by atoms with Crippen LogP contribution in [0.5, 0.6) is 0 Å². The summed E-state index contributed by atoms with van der Waals surface area (Å²) in [6, 6.07) is 18.3. The van der Waals surface area contributed by atoms with Crippen LogP contribution in [0.1, 0.15) is 21.5 Å². The number of piperazine rings is 1. The van der Waals surface area contributed by atoms with Crippen molar-refractivity contribution in [2.45, 2.75) is 13.1 Å². The van der Waals surface area contributed by atoms with Gasteiger partial charge in [-0.1, -0.05) is 42.5 Å². The predicted octanol–water partition coefficient (Wildman–Crippen LogP) is 4.01. The Bertz CT molecular complexity index is 1150. The summed E-state index contributed by atoms with van der Waals surface area (Å²) < 4.78 is 1.89. The Morgan fingerprint density at radius 3 is 2.44 bits per heavy atom. The molecule has 0 unspecified atom stereocenters. The molecule has 0 N–H and O–H groups in total. The highest BCUT2D eigenvalue weighted by Gasteiger charge is 2.26. The summed E-state index contributed by atoms with van der Waals surface area (Å²) in [6.45, 7) is 4.65. The maximum absolute atomic E-state index is 13.5. The van der Waals surface area contributed by atoms with Gasteiger partial charge in [-0.15, -0.1) is 11.3 Å². The van der Waals surface area contributed by atoms with E-state index in [2.05, 4.69) is 28.1 Å². The van der Waals surface area contributed by atoms with Gasteiger partial charge >= 0.3 is 0 Å². The topological polar surface area (TPSA) is 54.3 Å². The fourth-order valence-electron chi connectivity index (χ4n) is 4.05. The van der Waals surface area contributed by atoms with Crippen molar-refractivity contribution in [2.75, 3.05) is 26.2 Å². The zero-order valence-electron chi connectivity index (χ0n) is 17.8. The Balaban J connectivity index is 1.31. The monoisotopic (exact) mass is 443 g/mol. The highest BCUT2D eigenvalue weighted by molar-refractivity contribution is 7.13. The number of aromatic nitrogens is 3. The number of carbonyl (C=O) groups is 1. The molecule has 1 amide bonds. The Kier molecular flexibility index (Phi) is 6.09. The largest absolute Gasteiger partial charge is 0.336 e. The first kappa shape index (κ1) is 20.6. The number of hydrogen-bond donors (Lipinski definition) is 0. The molecule has 0 atom stereocenters. The quantitative estimate of drug-likeness (QED) is 0.452. The van der Waals surface area contributed by atoms with Crippen molar-refractivity contribution in [1.82, 2.24) is 24.6 Å². The molecular formula is C25H25N5OS. The summed E-state index contributed by atoms with van der Waals surface area (Å²) in [4.78, 5) is 23.1. The Hall–Kier alpha value is -3.29. The molecule has 1 aromatic carbocycles. The van der Waals surface area contributed by atoms with Crippen LogP contribution in [-0.4, -0.2) is 56.7 Å². The Morgan fingerprint density at radius 1 is 0.906 bits per heavy atom. The predicted molar refractivity (Wildman–Crippen MR) is 127 cm³/mol. The minimum Gasteiger partial charge on any atom is -0.336 e. The smallest absolute Gasteiger partial charge is 0.257 e. The first-order valence-corrected chi connectivity index (χ1v) is 11.7. The molecule has 0 aliphatic carbocycles. The van der Waals surface area contributed by atoms with Gasteiger partial charge in [0.1, 0.15) is 5.69 Å². The highest BCUT2D eigenvalue weighted by atomic mass is 32.1. The number of hydrogen-bond acceptors (Lipinski definition) is 5. The Morgan fingerprint density at radius 2 is 1.72 bits per heavy atom. The first-order valence-electron chi connectivity index (χ1n) is 10.8. The molecule has 1 aliphatic rings. The maximum Gasteiger partial charge on any atom is 0.257 e. The molecule has 5 rings (SSSR count). The molecule has 162 valence electrons. The SMILES string of the molecule is O=C(c1cn(Cc2ccccc2)nc1-c1cccs1)N1CCN(Cc2cccnc2)CC1. The fourth-order valence-corrected chi connectivity index (χ4v) is 4.78. The van der Waals surface area contributed by atoms with Crippen molar-refractivity contribution in [3.8, 4) is 10.6 Å². The van der Waals surface area contributed by atoms with Gasteiger partial charge < -0.3 is 4.90 Å². The van der Waals surface area contributed by atoms with Crippen LogP contribution in [0.15, 0.2) is 78.6 Å². The third kappa shape index (κ3) is 4.64. The molecule has 1 fully saturated rings. The minimum atomic E-state index is 0.0636. The zero-order chi connectivity index (χ0) is 21.8. The van der Waals surface area contributed by atoms with Gasteiger partial charge in [0.15, 0.2) is 0 Å². The van der Waals surface area contributed by atoms with Gasteiger partial charge in [-0.2, -0.15) is 5.10 Å². The van der Waals surface area contributed by atoms with Crippen molar-refractivity contribution in [3.63, 3.8) is 0 Å². The third-order valence-electron chi connectivity index (χ3n) is 5.72. The van der Waals surface area contributed by atoms with Crippen LogP contribution in [-0.2, 0) is 13.1 Å². The van der Waals surface area contributed by atoms with Crippen LogP contribution in [0.25, 0.3) is 10.6 Å². The van der Waals surface area contributed by atoms with Crippen molar-refractivity contribution in [1.29, 1.82) is 0 Å². The summed E-state index contributed by atoms with van der Waals surface area (Å²) in [6.07, 6.45) is 5.61.